The Morgan fingerprint density at radius 3 is 2.08 bits per heavy atom. The summed E-state index contributed by atoms with van der Waals surface area (Å²) in [4.78, 5) is 14.6. The molecule has 3 rings (SSSR count). The summed E-state index contributed by atoms with van der Waals surface area (Å²) in [5, 5.41) is 45.6. The van der Waals surface area contributed by atoms with Gasteiger partial charge in [-0.3, -0.25) is 9.05 Å². The van der Waals surface area contributed by atoms with Crippen LogP contribution in [0.15, 0.2) is 36.7 Å². The van der Waals surface area contributed by atoms with Gasteiger partial charge in [-0.2, -0.15) is 15.6 Å². The molecule has 16 nitrogen and oxygen atoms in total. The molecule has 0 aliphatic carbocycles. The number of aromatic nitrogens is 3. The van der Waals surface area contributed by atoms with Crippen molar-refractivity contribution in [1.29, 1.82) is 10.5 Å². The second-order valence-electron chi connectivity index (χ2n) is 14.8. The van der Waals surface area contributed by atoms with Crippen molar-refractivity contribution in [2.24, 2.45) is 0 Å². The van der Waals surface area contributed by atoms with E-state index in [1.807, 2.05) is 0 Å². The molecule has 5 N–H and O–H groups in total. The number of aliphatic hydroxyl groups is 2. The van der Waals surface area contributed by atoms with Crippen LogP contribution in [-0.2, 0) is 34.4 Å². The van der Waals surface area contributed by atoms with Crippen molar-refractivity contribution in [1.82, 2.24) is 14.6 Å². The molecule has 2 aromatic heterocycles. The minimum atomic E-state index is -4.91. The Kier molecular flexibility index (Phi) is 22.9. The highest BCUT2D eigenvalue weighted by Crippen LogP contribution is 2.45. The van der Waals surface area contributed by atoms with Crippen LogP contribution in [0.3, 0.4) is 0 Å². The molecule has 0 aliphatic heterocycles. The number of nitrogen functional groups attached to an aromatic ring is 1. The number of hydrogen-bond acceptors (Lipinski definition) is 14. The Hall–Kier alpha value is -3.67. The van der Waals surface area contributed by atoms with Crippen LogP contribution in [0.25, 0.3) is 5.52 Å². The Bertz CT molecular complexity index is 1780. The number of phosphoric ester groups is 1. The smallest absolute Gasteiger partial charge is 0.472 e. The minimum absolute atomic E-state index is 0.0121. The van der Waals surface area contributed by atoms with Crippen LogP contribution in [-0.4, -0.2) is 88.2 Å². The molecule has 5 atom stereocenters. The van der Waals surface area contributed by atoms with E-state index >= 15 is 0 Å². The van der Waals surface area contributed by atoms with Crippen LogP contribution in [0, 0.1) is 22.7 Å². The van der Waals surface area contributed by atoms with Crippen molar-refractivity contribution in [3.8, 4) is 17.9 Å². The summed E-state index contributed by atoms with van der Waals surface area (Å²) >= 11 is 0. The molecule has 59 heavy (non-hydrogen) atoms. The number of fused-ring (bicyclic) bond motifs is 1. The van der Waals surface area contributed by atoms with Crippen molar-refractivity contribution >= 4 is 19.2 Å². The fourth-order valence-corrected chi connectivity index (χ4v) is 7.45. The van der Waals surface area contributed by atoms with Crippen molar-refractivity contribution in [2.75, 3.05) is 46.4 Å². The van der Waals surface area contributed by atoms with Gasteiger partial charge < -0.3 is 39.8 Å². The van der Waals surface area contributed by atoms with E-state index in [0.29, 0.717) is 29.0 Å². The molecule has 0 spiro atoms. The second-order valence-corrected chi connectivity index (χ2v) is 16.2. The van der Waals surface area contributed by atoms with Crippen molar-refractivity contribution in [3.05, 3.63) is 53.5 Å². The number of aliphatic hydroxyl groups excluding tert-OH is 2. The quantitative estimate of drug-likeness (QED) is 0.0343. The van der Waals surface area contributed by atoms with Crippen molar-refractivity contribution < 1.29 is 47.7 Å². The molecule has 0 bridgehead atoms. The lowest BCUT2D eigenvalue weighted by Crippen LogP contribution is -2.50. The molecular weight excluding hydrogens is 779 g/mol. The van der Waals surface area contributed by atoms with Crippen LogP contribution in [0.4, 0.5) is 5.82 Å². The first-order valence-corrected chi connectivity index (χ1v) is 22.3. The highest BCUT2D eigenvalue weighted by atomic mass is 31.2. The number of unbranched alkanes of at least 4 members (excludes halogenated alkanes) is 15. The SMILES string of the molecule is CCCCCCCCCCCCCCCCCCOC[C@H](COP(=O)(O)OC[C@@](C#N)(OC)[C@@H](O)[C@@H](O)c1ccc2c(N)ncnn12)OCc1ccc(C#N)cc1OC. The summed E-state index contributed by atoms with van der Waals surface area (Å²) in [5.41, 5.74) is 5.00. The van der Waals surface area contributed by atoms with Gasteiger partial charge in [-0.15, -0.1) is 0 Å². The maximum atomic E-state index is 13.1. The van der Waals surface area contributed by atoms with E-state index in [4.69, 9.17) is 33.7 Å². The first-order chi connectivity index (χ1) is 28.5. The lowest BCUT2D eigenvalue weighted by molar-refractivity contribution is -0.134. The number of anilines is 1. The van der Waals surface area contributed by atoms with Crippen LogP contribution < -0.4 is 10.5 Å². The standard InChI is InChI=1S/C42H65N6O10P/c1-4-5-6-7-8-9-10-11-12-13-14-15-16-17-18-19-24-55-28-35(56-27-34-21-20-33(26-43)25-38(34)53-2)29-57-59(51,52)58-31-42(30-44,54-3)40(50)39(49)36-22-23-37-41(45)46-32-47-48(36)37/h20-23,25,32,35,39-40,49-50H,4-19,24,27-29,31H2,1-3H3,(H,51,52)(H2,45,46,47)/t35-,39+,40+,42-/m1/s1. The molecule has 0 saturated heterocycles. The number of rotatable bonds is 33. The van der Waals surface area contributed by atoms with E-state index in [2.05, 4.69) is 23.1 Å². The number of benzene rings is 1. The number of methoxy groups -OCH3 is 2. The van der Waals surface area contributed by atoms with E-state index in [1.165, 1.54) is 107 Å². The predicted molar refractivity (Wildman–Crippen MR) is 222 cm³/mol. The number of phosphoric acid groups is 1. The number of nitriles is 2. The first-order valence-electron chi connectivity index (χ1n) is 20.8. The van der Waals surface area contributed by atoms with Gasteiger partial charge >= 0.3 is 7.82 Å². The van der Waals surface area contributed by atoms with Gasteiger partial charge in [0.25, 0.3) is 0 Å². The summed E-state index contributed by atoms with van der Waals surface area (Å²) in [7, 11) is -2.35. The topological polar surface area (TPSA) is 237 Å². The van der Waals surface area contributed by atoms with Crippen molar-refractivity contribution in [3.63, 3.8) is 0 Å². The summed E-state index contributed by atoms with van der Waals surface area (Å²) in [6.07, 6.45) is 16.8. The number of nitrogens with zero attached hydrogens (tertiary/aromatic N) is 5. The lowest BCUT2D eigenvalue weighted by Gasteiger charge is -2.33. The summed E-state index contributed by atoms with van der Waals surface area (Å²) in [5.74, 6) is 0.558. The fourth-order valence-electron chi connectivity index (χ4n) is 6.67. The van der Waals surface area contributed by atoms with Crippen LogP contribution >= 0.6 is 7.82 Å². The highest BCUT2D eigenvalue weighted by Gasteiger charge is 2.46. The summed E-state index contributed by atoms with van der Waals surface area (Å²) in [6, 6.07) is 11.7. The van der Waals surface area contributed by atoms with Gasteiger partial charge in [0.1, 0.15) is 48.6 Å². The van der Waals surface area contributed by atoms with Gasteiger partial charge in [0.15, 0.2) is 5.82 Å². The van der Waals surface area contributed by atoms with E-state index < -0.39 is 44.9 Å². The second kappa shape index (κ2) is 27.2. The zero-order valence-corrected chi connectivity index (χ0v) is 35.9. The summed E-state index contributed by atoms with van der Waals surface area (Å²) in [6.45, 7) is 1.35. The Morgan fingerprint density at radius 1 is 0.881 bits per heavy atom. The Balaban J connectivity index is 1.48. The van der Waals surface area contributed by atoms with Crippen LogP contribution in [0.2, 0.25) is 0 Å². The molecule has 17 heteroatoms. The van der Waals surface area contributed by atoms with Crippen LogP contribution in [0.5, 0.6) is 5.75 Å². The first kappa shape index (κ1) is 49.7. The average molecular weight is 845 g/mol. The van der Waals surface area contributed by atoms with Gasteiger partial charge in [-0.25, -0.2) is 14.1 Å². The summed E-state index contributed by atoms with van der Waals surface area (Å²) < 4.78 is 47.5. The predicted octanol–water partition coefficient (Wildman–Crippen LogP) is 7.49. The number of hydrogen-bond donors (Lipinski definition) is 4. The molecule has 0 saturated carbocycles. The Morgan fingerprint density at radius 2 is 1.51 bits per heavy atom. The van der Waals surface area contributed by atoms with Gasteiger partial charge in [-0.1, -0.05) is 109 Å². The van der Waals surface area contributed by atoms with E-state index in [1.54, 1.807) is 24.3 Å². The normalized spacial score (nSPS) is 15.2. The lowest BCUT2D eigenvalue weighted by atomic mass is 9.93. The van der Waals surface area contributed by atoms with E-state index in [9.17, 15) is 30.2 Å². The molecule has 0 aliphatic rings. The van der Waals surface area contributed by atoms with E-state index in [-0.39, 0.29) is 24.7 Å². The highest BCUT2D eigenvalue weighted by molar-refractivity contribution is 7.47. The van der Waals surface area contributed by atoms with Gasteiger partial charge in [0, 0.05) is 19.3 Å². The van der Waals surface area contributed by atoms with E-state index in [0.717, 1.165) is 32.7 Å². The monoisotopic (exact) mass is 844 g/mol. The largest absolute Gasteiger partial charge is 0.496 e. The third-order valence-corrected chi connectivity index (χ3v) is 11.3. The molecule has 0 fully saturated rings. The molecule has 328 valence electrons. The Labute approximate surface area is 349 Å². The molecular formula is C42H65N6O10P. The van der Waals surface area contributed by atoms with Gasteiger partial charge in [0.05, 0.1) is 44.3 Å². The molecule has 2 heterocycles. The zero-order chi connectivity index (χ0) is 42.9. The number of nitrogens with two attached hydrogens (primary N) is 1. The third-order valence-electron chi connectivity index (χ3n) is 10.3. The number of ether oxygens (including phenoxy) is 4. The molecule has 0 radical (unpaired) electrons. The van der Waals surface area contributed by atoms with Crippen molar-refractivity contribution in [2.45, 2.75) is 140 Å². The third kappa shape index (κ3) is 16.7. The molecule has 1 unspecified atom stereocenters. The molecule has 1 aromatic carbocycles. The fraction of sp³-hybridized carbons (Fsp3) is 0.667. The average Bonchev–Trinajstić information content (AvgIpc) is 3.69. The maximum Gasteiger partial charge on any atom is 0.472 e. The van der Waals surface area contributed by atoms with Gasteiger partial charge in [-0.05, 0) is 30.7 Å². The zero-order valence-electron chi connectivity index (χ0n) is 35.0. The van der Waals surface area contributed by atoms with Crippen LogP contribution in [0.1, 0.15) is 133 Å². The maximum absolute atomic E-state index is 13.1. The van der Waals surface area contributed by atoms with Gasteiger partial charge in [0.2, 0.25) is 5.60 Å². The molecule has 0 amide bonds. The minimum Gasteiger partial charge on any atom is -0.496 e. The molecule has 3 aromatic rings.